The molecule has 9 nitrogen and oxygen atoms in total. The van der Waals surface area contributed by atoms with Gasteiger partial charge >= 0.3 is 6.03 Å². The Kier molecular flexibility index (Phi) is 7.52. The van der Waals surface area contributed by atoms with Gasteiger partial charge in [-0.1, -0.05) is 18.2 Å². The van der Waals surface area contributed by atoms with Crippen LogP contribution < -0.4 is 10.0 Å². The third-order valence-electron chi connectivity index (χ3n) is 4.72. The van der Waals surface area contributed by atoms with Crippen molar-refractivity contribution in [2.45, 2.75) is 38.6 Å². The molecule has 2 aromatic carbocycles. The van der Waals surface area contributed by atoms with Gasteiger partial charge in [0.05, 0.1) is 9.82 Å². The number of sulfonamides is 1. The van der Waals surface area contributed by atoms with Crippen LogP contribution in [0.2, 0.25) is 0 Å². The highest BCUT2D eigenvalue weighted by molar-refractivity contribution is 7.89. The van der Waals surface area contributed by atoms with Crippen LogP contribution in [0.15, 0.2) is 47.4 Å². The predicted molar refractivity (Wildman–Crippen MR) is 115 cm³/mol. The molecule has 10 heteroatoms. The van der Waals surface area contributed by atoms with Crippen LogP contribution in [0.3, 0.4) is 0 Å². The summed E-state index contributed by atoms with van der Waals surface area (Å²) in [5.41, 5.74) is 1.40. The van der Waals surface area contributed by atoms with E-state index in [1.165, 1.54) is 12.1 Å². The Morgan fingerprint density at radius 3 is 2.27 bits per heavy atom. The van der Waals surface area contributed by atoms with Gasteiger partial charge in [0.2, 0.25) is 10.0 Å². The van der Waals surface area contributed by atoms with Crippen molar-refractivity contribution >= 4 is 27.4 Å². The number of hydrogen-bond acceptors (Lipinski definition) is 5. The van der Waals surface area contributed by atoms with E-state index >= 15 is 0 Å². The van der Waals surface area contributed by atoms with Gasteiger partial charge in [0, 0.05) is 37.0 Å². The van der Waals surface area contributed by atoms with Crippen molar-refractivity contribution in [3.8, 4) is 0 Å². The molecule has 0 heterocycles. The molecule has 162 valence electrons. The second-order valence-electron chi connectivity index (χ2n) is 6.77. The summed E-state index contributed by atoms with van der Waals surface area (Å²) >= 11 is 0. The SMILES string of the molecule is CCN(CC)C(=O)Nc1ccc([C@H](C)NS(=O)(=O)c2cc([N+](=O)[O-])ccc2C)cc1. The average Bonchev–Trinajstić information content (AvgIpc) is 2.69. The van der Waals surface area contributed by atoms with Crippen molar-refractivity contribution in [1.29, 1.82) is 0 Å². The molecule has 1 atom stereocenters. The lowest BCUT2D eigenvalue weighted by atomic mass is 10.1. The van der Waals surface area contributed by atoms with Crippen LogP contribution >= 0.6 is 0 Å². The van der Waals surface area contributed by atoms with Crippen molar-refractivity contribution in [3.05, 3.63) is 63.7 Å². The van der Waals surface area contributed by atoms with Crippen molar-refractivity contribution in [3.63, 3.8) is 0 Å². The number of carbonyl (C=O) groups excluding carboxylic acids is 1. The zero-order valence-electron chi connectivity index (χ0n) is 17.4. The summed E-state index contributed by atoms with van der Waals surface area (Å²) in [5.74, 6) is 0. The molecule has 0 radical (unpaired) electrons. The highest BCUT2D eigenvalue weighted by Crippen LogP contribution is 2.24. The van der Waals surface area contributed by atoms with Gasteiger partial charge in [-0.3, -0.25) is 10.1 Å². The summed E-state index contributed by atoms with van der Waals surface area (Å²) in [6.45, 7) is 8.22. The number of benzene rings is 2. The van der Waals surface area contributed by atoms with Gasteiger partial charge in [0.25, 0.3) is 5.69 Å². The first-order valence-electron chi connectivity index (χ1n) is 9.52. The maximum Gasteiger partial charge on any atom is 0.321 e. The second kappa shape index (κ2) is 9.68. The van der Waals surface area contributed by atoms with Gasteiger partial charge in [-0.15, -0.1) is 0 Å². The number of hydrogen-bond donors (Lipinski definition) is 2. The maximum absolute atomic E-state index is 12.8. The molecule has 0 aliphatic carbocycles. The molecule has 2 N–H and O–H groups in total. The number of rotatable bonds is 8. The minimum absolute atomic E-state index is 0.133. The lowest BCUT2D eigenvalue weighted by molar-refractivity contribution is -0.385. The van der Waals surface area contributed by atoms with E-state index < -0.39 is 21.0 Å². The Morgan fingerprint density at radius 2 is 1.73 bits per heavy atom. The van der Waals surface area contributed by atoms with Crippen LogP contribution in [0.25, 0.3) is 0 Å². The lowest BCUT2D eigenvalue weighted by Crippen LogP contribution is -2.34. The number of nitro benzene ring substituents is 1. The molecular formula is C20H26N4O5S. The summed E-state index contributed by atoms with van der Waals surface area (Å²) in [4.78, 5) is 24.0. The normalized spacial score (nSPS) is 12.3. The number of urea groups is 1. The quantitative estimate of drug-likeness (QED) is 0.483. The van der Waals surface area contributed by atoms with E-state index in [2.05, 4.69) is 10.0 Å². The van der Waals surface area contributed by atoms with Crippen molar-refractivity contribution in [1.82, 2.24) is 9.62 Å². The van der Waals surface area contributed by atoms with Crippen LogP contribution in [0.1, 0.15) is 37.9 Å². The second-order valence-corrected chi connectivity index (χ2v) is 8.46. The molecule has 0 aliphatic rings. The average molecular weight is 435 g/mol. The first-order chi connectivity index (χ1) is 14.1. The van der Waals surface area contributed by atoms with E-state index in [1.807, 2.05) is 13.8 Å². The third kappa shape index (κ3) is 5.55. The van der Waals surface area contributed by atoms with E-state index in [-0.39, 0.29) is 16.6 Å². The number of nitrogens with zero attached hydrogens (tertiary/aromatic N) is 2. The van der Waals surface area contributed by atoms with Crippen LogP contribution in [-0.4, -0.2) is 37.4 Å². The van der Waals surface area contributed by atoms with Crippen LogP contribution in [-0.2, 0) is 10.0 Å². The number of amides is 2. The number of non-ortho nitro benzene ring substituents is 1. The minimum atomic E-state index is -3.97. The molecule has 2 amide bonds. The predicted octanol–water partition coefficient (Wildman–Crippen LogP) is 3.82. The highest BCUT2D eigenvalue weighted by Gasteiger charge is 2.23. The summed E-state index contributed by atoms with van der Waals surface area (Å²) < 4.78 is 28.1. The van der Waals surface area contributed by atoms with Gasteiger partial charge < -0.3 is 10.2 Å². The minimum Gasteiger partial charge on any atom is -0.325 e. The fraction of sp³-hybridized carbons (Fsp3) is 0.350. The van der Waals surface area contributed by atoms with E-state index in [0.717, 1.165) is 6.07 Å². The van der Waals surface area contributed by atoms with Gasteiger partial charge in [0.1, 0.15) is 0 Å². The smallest absolute Gasteiger partial charge is 0.321 e. The van der Waals surface area contributed by atoms with Gasteiger partial charge in [0.15, 0.2) is 0 Å². The lowest BCUT2D eigenvalue weighted by Gasteiger charge is -2.20. The number of aryl methyl sites for hydroxylation is 1. The summed E-state index contributed by atoms with van der Waals surface area (Å²) in [6.07, 6.45) is 0. The van der Waals surface area contributed by atoms with Crippen LogP contribution in [0.4, 0.5) is 16.2 Å². The van der Waals surface area contributed by atoms with Crippen molar-refractivity contribution < 1.29 is 18.1 Å². The molecule has 0 bridgehead atoms. The van der Waals surface area contributed by atoms with Gasteiger partial charge in [-0.25, -0.2) is 17.9 Å². The fourth-order valence-corrected chi connectivity index (χ4v) is 4.42. The molecule has 30 heavy (non-hydrogen) atoms. The molecule has 0 aliphatic heterocycles. The zero-order chi connectivity index (χ0) is 22.5. The molecule has 0 saturated heterocycles. The van der Waals surface area contributed by atoms with E-state index in [1.54, 1.807) is 43.0 Å². The fourth-order valence-electron chi connectivity index (χ4n) is 2.92. The molecular weight excluding hydrogens is 408 g/mol. The standard InChI is InChI=1S/C20H26N4O5S/c1-5-23(6-2)20(25)21-17-10-8-16(9-11-17)15(4)22-30(28,29)19-13-18(24(26)27)12-7-14(19)3/h7-13,15,22H,5-6H2,1-4H3,(H,21,25)/t15-/m0/s1. The molecule has 0 saturated carbocycles. The number of nitro groups is 1. The molecule has 0 fully saturated rings. The Bertz CT molecular complexity index is 1020. The first kappa shape index (κ1) is 23.3. The Hall–Kier alpha value is -2.98. The molecule has 0 spiro atoms. The van der Waals surface area contributed by atoms with Crippen LogP contribution in [0, 0.1) is 17.0 Å². The molecule has 2 rings (SSSR count). The van der Waals surface area contributed by atoms with Crippen molar-refractivity contribution in [2.24, 2.45) is 0 Å². The summed E-state index contributed by atoms with van der Waals surface area (Å²) in [5, 5.41) is 13.8. The topological polar surface area (TPSA) is 122 Å². The van der Waals surface area contributed by atoms with Gasteiger partial charge in [-0.05, 0) is 51.0 Å². The zero-order valence-corrected chi connectivity index (χ0v) is 18.2. The van der Waals surface area contributed by atoms with E-state index in [0.29, 0.717) is 29.9 Å². The van der Waals surface area contributed by atoms with Gasteiger partial charge in [-0.2, -0.15) is 0 Å². The van der Waals surface area contributed by atoms with Crippen molar-refractivity contribution in [2.75, 3.05) is 18.4 Å². The summed E-state index contributed by atoms with van der Waals surface area (Å²) in [7, 11) is -3.97. The highest BCUT2D eigenvalue weighted by atomic mass is 32.2. The largest absolute Gasteiger partial charge is 0.325 e. The monoisotopic (exact) mass is 434 g/mol. The number of anilines is 1. The molecule has 0 aromatic heterocycles. The Morgan fingerprint density at radius 1 is 1.13 bits per heavy atom. The summed E-state index contributed by atoms with van der Waals surface area (Å²) in [6, 6.07) is 9.75. The number of carbonyl (C=O) groups is 1. The Balaban J connectivity index is 2.16. The Labute approximate surface area is 176 Å². The van der Waals surface area contributed by atoms with Crippen LogP contribution in [0.5, 0.6) is 0 Å². The maximum atomic E-state index is 12.8. The molecule has 2 aromatic rings. The van der Waals surface area contributed by atoms with E-state index in [9.17, 15) is 23.3 Å². The van der Waals surface area contributed by atoms with E-state index in [4.69, 9.17) is 0 Å². The first-order valence-corrected chi connectivity index (χ1v) is 11.0. The third-order valence-corrected chi connectivity index (χ3v) is 6.40. The molecule has 0 unspecified atom stereocenters. The number of nitrogens with one attached hydrogen (secondary N) is 2.